The van der Waals surface area contributed by atoms with Crippen LogP contribution in [-0.2, 0) is 6.54 Å². The normalized spacial score (nSPS) is 11.9. The van der Waals surface area contributed by atoms with Crippen molar-refractivity contribution in [2.24, 2.45) is 0 Å². The summed E-state index contributed by atoms with van der Waals surface area (Å²) >= 11 is 6.22. The van der Waals surface area contributed by atoms with E-state index in [1.807, 2.05) is 32.0 Å². The van der Waals surface area contributed by atoms with Crippen molar-refractivity contribution in [3.8, 4) is 5.75 Å². The maximum Gasteiger partial charge on any atom is 0.125 e. The summed E-state index contributed by atoms with van der Waals surface area (Å²) in [7, 11) is 0. The lowest BCUT2D eigenvalue weighted by atomic mass is 10.1. The van der Waals surface area contributed by atoms with Crippen molar-refractivity contribution in [1.82, 2.24) is 5.32 Å². The minimum Gasteiger partial charge on any atom is -0.491 e. The van der Waals surface area contributed by atoms with Crippen LogP contribution in [0.5, 0.6) is 5.75 Å². The second kappa shape index (κ2) is 5.74. The molecule has 0 amide bonds. The van der Waals surface area contributed by atoms with Crippen molar-refractivity contribution in [3.63, 3.8) is 0 Å². The van der Waals surface area contributed by atoms with Crippen molar-refractivity contribution in [3.05, 3.63) is 28.8 Å². The van der Waals surface area contributed by atoms with Crippen LogP contribution in [0.15, 0.2) is 18.2 Å². The number of rotatable bonds is 4. The summed E-state index contributed by atoms with van der Waals surface area (Å²) in [5.74, 6) is 0.865. The summed E-state index contributed by atoms with van der Waals surface area (Å²) in [4.78, 5) is 0. The number of hydrogen-bond donors (Lipinski definition) is 1. The first-order chi connectivity index (χ1) is 7.79. The molecule has 1 aromatic rings. The lowest BCUT2D eigenvalue weighted by molar-refractivity contribution is 0.238. The highest BCUT2D eigenvalue weighted by Gasteiger charge is 2.14. The quantitative estimate of drug-likeness (QED) is 0.878. The predicted octanol–water partition coefficient (Wildman–Crippen LogP) is 4.02. The van der Waals surface area contributed by atoms with Gasteiger partial charge in [0, 0.05) is 22.7 Å². The molecule has 0 atom stereocenters. The van der Waals surface area contributed by atoms with Crippen LogP contribution in [0.4, 0.5) is 0 Å². The molecule has 0 radical (unpaired) electrons. The standard InChI is InChI=1S/C14H22ClNO/c1-10(2)17-13-8-6-7-12(15)11(13)9-16-14(3,4)5/h6-8,10,16H,9H2,1-5H3. The van der Waals surface area contributed by atoms with Gasteiger partial charge in [-0.1, -0.05) is 17.7 Å². The van der Waals surface area contributed by atoms with Crippen LogP contribution in [0.1, 0.15) is 40.2 Å². The van der Waals surface area contributed by atoms with E-state index in [1.165, 1.54) is 0 Å². The first-order valence-corrected chi connectivity index (χ1v) is 6.36. The van der Waals surface area contributed by atoms with Gasteiger partial charge in [-0.25, -0.2) is 0 Å². The van der Waals surface area contributed by atoms with Crippen LogP contribution in [-0.4, -0.2) is 11.6 Å². The number of halogens is 1. The van der Waals surface area contributed by atoms with E-state index in [9.17, 15) is 0 Å². The third-order valence-corrected chi connectivity index (χ3v) is 2.59. The summed E-state index contributed by atoms with van der Waals surface area (Å²) in [5.41, 5.74) is 1.09. The Kier molecular flexibility index (Phi) is 4.84. The van der Waals surface area contributed by atoms with Gasteiger partial charge in [0.1, 0.15) is 5.75 Å². The van der Waals surface area contributed by atoms with Crippen molar-refractivity contribution < 1.29 is 4.74 Å². The van der Waals surface area contributed by atoms with Gasteiger partial charge in [-0.05, 0) is 46.8 Å². The van der Waals surface area contributed by atoms with Gasteiger partial charge in [-0.15, -0.1) is 0 Å². The second-order valence-electron chi connectivity index (χ2n) is 5.49. The monoisotopic (exact) mass is 255 g/mol. The number of benzene rings is 1. The van der Waals surface area contributed by atoms with E-state index in [-0.39, 0.29) is 11.6 Å². The zero-order valence-electron chi connectivity index (χ0n) is 11.3. The fourth-order valence-corrected chi connectivity index (χ4v) is 1.66. The molecule has 0 spiro atoms. The Morgan fingerprint density at radius 2 is 1.94 bits per heavy atom. The SMILES string of the molecule is CC(C)Oc1cccc(Cl)c1CNC(C)(C)C. The van der Waals surface area contributed by atoms with E-state index in [2.05, 4.69) is 26.1 Å². The molecule has 2 nitrogen and oxygen atoms in total. The van der Waals surface area contributed by atoms with Crippen LogP contribution in [0, 0.1) is 0 Å². The Hall–Kier alpha value is -0.730. The summed E-state index contributed by atoms with van der Waals surface area (Å²) in [6.07, 6.45) is 0.154. The Balaban J connectivity index is 2.88. The van der Waals surface area contributed by atoms with Gasteiger partial charge in [-0.3, -0.25) is 0 Å². The van der Waals surface area contributed by atoms with Crippen molar-refractivity contribution >= 4 is 11.6 Å². The van der Waals surface area contributed by atoms with E-state index in [0.29, 0.717) is 6.54 Å². The molecular formula is C14H22ClNO. The number of hydrogen-bond acceptors (Lipinski definition) is 2. The molecule has 0 aliphatic rings. The zero-order valence-corrected chi connectivity index (χ0v) is 12.1. The highest BCUT2D eigenvalue weighted by atomic mass is 35.5. The smallest absolute Gasteiger partial charge is 0.125 e. The van der Waals surface area contributed by atoms with Crippen LogP contribution in [0.25, 0.3) is 0 Å². The Morgan fingerprint density at radius 3 is 2.47 bits per heavy atom. The molecule has 1 N–H and O–H groups in total. The average molecular weight is 256 g/mol. The molecule has 0 aliphatic heterocycles. The van der Waals surface area contributed by atoms with Gasteiger partial charge < -0.3 is 10.1 Å². The van der Waals surface area contributed by atoms with Gasteiger partial charge in [0.2, 0.25) is 0 Å². The summed E-state index contributed by atoms with van der Waals surface area (Å²) in [6, 6.07) is 5.78. The van der Waals surface area contributed by atoms with Gasteiger partial charge in [-0.2, -0.15) is 0 Å². The van der Waals surface area contributed by atoms with E-state index in [1.54, 1.807) is 0 Å². The minimum absolute atomic E-state index is 0.0638. The van der Waals surface area contributed by atoms with Gasteiger partial charge >= 0.3 is 0 Å². The maximum absolute atomic E-state index is 6.22. The molecule has 0 fully saturated rings. The lowest BCUT2D eigenvalue weighted by Crippen LogP contribution is -2.35. The van der Waals surface area contributed by atoms with Crippen LogP contribution < -0.4 is 10.1 Å². The molecule has 0 unspecified atom stereocenters. The summed E-state index contributed by atoms with van der Waals surface area (Å²) in [5, 5.41) is 4.18. The molecular weight excluding hydrogens is 234 g/mol. The Labute approximate surface area is 109 Å². The van der Waals surface area contributed by atoms with Crippen molar-refractivity contribution in [2.45, 2.75) is 52.8 Å². The van der Waals surface area contributed by atoms with Crippen molar-refractivity contribution in [2.75, 3.05) is 0 Å². The van der Waals surface area contributed by atoms with Gasteiger partial charge in [0.25, 0.3) is 0 Å². The first-order valence-electron chi connectivity index (χ1n) is 5.98. The largest absolute Gasteiger partial charge is 0.491 e. The third-order valence-electron chi connectivity index (χ3n) is 2.23. The molecule has 1 rings (SSSR count). The number of nitrogens with one attached hydrogen (secondary N) is 1. The highest BCUT2D eigenvalue weighted by Crippen LogP contribution is 2.27. The molecule has 0 aliphatic carbocycles. The fraction of sp³-hybridized carbons (Fsp3) is 0.571. The second-order valence-corrected chi connectivity index (χ2v) is 5.89. The summed E-state index contributed by atoms with van der Waals surface area (Å²) in [6.45, 7) is 11.1. The molecule has 0 saturated carbocycles. The molecule has 0 saturated heterocycles. The minimum atomic E-state index is 0.0638. The van der Waals surface area contributed by atoms with E-state index in [0.717, 1.165) is 16.3 Å². The molecule has 0 aromatic heterocycles. The summed E-state index contributed by atoms with van der Waals surface area (Å²) < 4.78 is 5.77. The van der Waals surface area contributed by atoms with E-state index in [4.69, 9.17) is 16.3 Å². The molecule has 1 aromatic carbocycles. The van der Waals surface area contributed by atoms with Gasteiger partial charge in [0.15, 0.2) is 0 Å². The van der Waals surface area contributed by atoms with Crippen LogP contribution in [0.3, 0.4) is 0 Å². The van der Waals surface area contributed by atoms with Crippen molar-refractivity contribution in [1.29, 1.82) is 0 Å². The first kappa shape index (κ1) is 14.3. The Morgan fingerprint density at radius 1 is 1.29 bits per heavy atom. The molecule has 96 valence electrons. The van der Waals surface area contributed by atoms with E-state index < -0.39 is 0 Å². The Bertz CT molecular complexity index is 369. The fourth-order valence-electron chi connectivity index (χ4n) is 1.43. The highest BCUT2D eigenvalue weighted by molar-refractivity contribution is 6.31. The predicted molar refractivity (Wildman–Crippen MR) is 73.8 cm³/mol. The topological polar surface area (TPSA) is 21.3 Å². The third kappa shape index (κ3) is 4.97. The van der Waals surface area contributed by atoms with Gasteiger partial charge in [0.05, 0.1) is 6.10 Å². The number of ether oxygens (including phenoxy) is 1. The zero-order chi connectivity index (χ0) is 13.1. The molecule has 0 heterocycles. The van der Waals surface area contributed by atoms with E-state index >= 15 is 0 Å². The molecule has 0 bridgehead atoms. The lowest BCUT2D eigenvalue weighted by Gasteiger charge is -2.22. The van der Waals surface area contributed by atoms with Crippen LogP contribution >= 0.6 is 11.6 Å². The molecule has 17 heavy (non-hydrogen) atoms. The van der Waals surface area contributed by atoms with Crippen LogP contribution in [0.2, 0.25) is 5.02 Å². The average Bonchev–Trinajstić information content (AvgIpc) is 2.14. The molecule has 3 heteroatoms. The maximum atomic E-state index is 6.22.